The monoisotopic (exact) mass is 784 g/mol. The van der Waals surface area contributed by atoms with Crippen molar-refractivity contribution in [2.45, 2.75) is 62.7 Å². The number of aromatic nitrogens is 4. The Bertz CT molecular complexity index is 2300. The van der Waals surface area contributed by atoms with Crippen LogP contribution in [-0.4, -0.2) is 112 Å². The summed E-state index contributed by atoms with van der Waals surface area (Å²) in [6.45, 7) is 6.02. The molecule has 4 aliphatic rings. The summed E-state index contributed by atoms with van der Waals surface area (Å²) in [4.78, 5) is 53.3. The number of nitrogens with one attached hydrogen (secondary N) is 2. The second-order valence-corrected chi connectivity index (χ2v) is 15.6. The molecule has 15 nitrogen and oxygen atoms in total. The van der Waals surface area contributed by atoms with Crippen molar-refractivity contribution >= 4 is 40.3 Å². The Morgan fingerprint density at radius 3 is 2.22 bits per heavy atom. The molecule has 4 N–H and O–H groups in total. The third kappa shape index (κ3) is 7.54. The fourth-order valence-electron chi connectivity index (χ4n) is 8.92. The first-order valence-corrected chi connectivity index (χ1v) is 20.2. The molecule has 300 valence electrons. The van der Waals surface area contributed by atoms with Gasteiger partial charge in [0.1, 0.15) is 41.1 Å². The van der Waals surface area contributed by atoms with Gasteiger partial charge in [0.15, 0.2) is 5.65 Å². The van der Waals surface area contributed by atoms with Gasteiger partial charge in [0.05, 0.1) is 24.1 Å². The van der Waals surface area contributed by atoms with Crippen molar-refractivity contribution in [3.05, 3.63) is 84.7 Å². The van der Waals surface area contributed by atoms with Crippen LogP contribution in [0.15, 0.2) is 79.1 Å². The van der Waals surface area contributed by atoms with Gasteiger partial charge in [-0.1, -0.05) is 18.2 Å². The first kappa shape index (κ1) is 37.5. The van der Waals surface area contributed by atoms with Crippen LogP contribution in [0.5, 0.6) is 17.2 Å². The predicted molar refractivity (Wildman–Crippen MR) is 219 cm³/mol. The number of nitrogens with two attached hydrogens (primary N) is 1. The number of anilines is 2. The van der Waals surface area contributed by atoms with Crippen molar-refractivity contribution in [2.75, 3.05) is 57.0 Å². The third-order valence-electron chi connectivity index (χ3n) is 12.2. The third-order valence-corrected chi connectivity index (χ3v) is 12.2. The number of carbonyl (C=O) groups is 3. The van der Waals surface area contributed by atoms with Gasteiger partial charge in [-0.25, -0.2) is 14.6 Å². The van der Waals surface area contributed by atoms with Gasteiger partial charge < -0.3 is 25.4 Å². The number of methoxy groups -OCH3 is 1. The molecule has 1 saturated carbocycles. The molecule has 15 heteroatoms. The van der Waals surface area contributed by atoms with Gasteiger partial charge in [-0.15, -0.1) is 0 Å². The lowest BCUT2D eigenvalue weighted by atomic mass is 9.89. The van der Waals surface area contributed by atoms with E-state index >= 15 is 0 Å². The SMILES string of the molecule is COc1cc(N2CC(N3CCN(C4CCC(n5nc(-c6ccc(Oc7ccccc7)cc6)c6c(N)ncnc65)CC4)CC3)C2)ccc1C(=O)NC1CCC(=O)NC1=O. The molecule has 3 aliphatic heterocycles. The number of nitrogens with zero attached hydrogens (tertiary/aromatic N) is 7. The lowest BCUT2D eigenvalue weighted by molar-refractivity contribution is -0.134. The number of piperazine rings is 1. The molecule has 0 bridgehead atoms. The lowest BCUT2D eigenvalue weighted by Gasteiger charge is -2.50. The molecule has 3 amide bonds. The topological polar surface area (TPSA) is 173 Å². The number of rotatable bonds is 10. The number of ether oxygens (including phenoxy) is 2. The Morgan fingerprint density at radius 1 is 0.828 bits per heavy atom. The largest absolute Gasteiger partial charge is 0.496 e. The standard InChI is InChI=1S/C43H48N10O5/c1-57-36-23-30(13-16-34(36)42(55)47-35-17-18-37(54)48-43(35)56)52-24-31(25-52)51-21-19-50(20-22-51)28-9-11-29(12-10-28)53-41-38(40(44)45-26-46-41)39(49-53)27-7-14-33(15-8-27)58-32-5-3-2-4-6-32/h2-8,13-16,23,26,28-29,31,35H,9-12,17-22,24-25H2,1H3,(H,47,55)(H2,44,45,46)(H,48,54,56). The fourth-order valence-corrected chi connectivity index (χ4v) is 8.92. The van der Waals surface area contributed by atoms with Crippen molar-refractivity contribution in [2.24, 2.45) is 0 Å². The van der Waals surface area contributed by atoms with E-state index in [1.165, 1.54) is 13.4 Å². The van der Waals surface area contributed by atoms with Crippen molar-refractivity contribution in [3.63, 3.8) is 0 Å². The highest BCUT2D eigenvalue weighted by molar-refractivity contribution is 6.04. The van der Waals surface area contributed by atoms with E-state index in [0.29, 0.717) is 29.2 Å². The minimum atomic E-state index is -0.745. The van der Waals surface area contributed by atoms with Gasteiger partial charge in [-0.3, -0.25) is 29.5 Å². The zero-order valence-corrected chi connectivity index (χ0v) is 32.5. The second-order valence-electron chi connectivity index (χ2n) is 15.6. The molecule has 1 aliphatic carbocycles. The van der Waals surface area contributed by atoms with E-state index in [4.69, 9.17) is 20.3 Å². The Kier molecular flexibility index (Phi) is 10.4. The van der Waals surface area contributed by atoms with Gasteiger partial charge in [-0.05, 0) is 80.6 Å². The van der Waals surface area contributed by atoms with Crippen LogP contribution in [0.25, 0.3) is 22.3 Å². The molecule has 1 unspecified atom stereocenters. The van der Waals surface area contributed by atoms with Gasteiger partial charge in [0.25, 0.3) is 5.91 Å². The van der Waals surface area contributed by atoms with Crippen LogP contribution >= 0.6 is 0 Å². The maximum Gasteiger partial charge on any atom is 0.255 e. The molecule has 9 rings (SSSR count). The van der Waals surface area contributed by atoms with E-state index in [1.807, 2.05) is 66.7 Å². The molecule has 0 spiro atoms. The summed E-state index contributed by atoms with van der Waals surface area (Å²) in [6.07, 6.45) is 6.26. The number of amides is 3. The molecular formula is C43H48N10O5. The number of nitrogen functional groups attached to an aromatic ring is 1. The zero-order chi connectivity index (χ0) is 39.8. The van der Waals surface area contributed by atoms with Crippen LogP contribution in [0.3, 0.4) is 0 Å². The summed E-state index contributed by atoms with van der Waals surface area (Å²) in [5, 5.41) is 10.9. The fraction of sp³-hybridized carbons (Fsp3) is 0.395. The predicted octanol–water partition coefficient (Wildman–Crippen LogP) is 4.40. The molecule has 0 radical (unpaired) electrons. The maximum absolute atomic E-state index is 13.0. The highest BCUT2D eigenvalue weighted by atomic mass is 16.5. The average Bonchev–Trinajstić information content (AvgIpc) is 3.63. The summed E-state index contributed by atoms with van der Waals surface area (Å²) < 4.78 is 13.7. The summed E-state index contributed by atoms with van der Waals surface area (Å²) in [7, 11) is 1.54. The smallest absolute Gasteiger partial charge is 0.255 e. The molecule has 3 saturated heterocycles. The zero-order valence-electron chi connectivity index (χ0n) is 32.5. The van der Waals surface area contributed by atoms with E-state index in [1.54, 1.807) is 6.07 Å². The summed E-state index contributed by atoms with van der Waals surface area (Å²) >= 11 is 0. The highest BCUT2D eigenvalue weighted by Crippen LogP contribution is 2.38. The highest BCUT2D eigenvalue weighted by Gasteiger charge is 2.37. The number of hydrogen-bond donors (Lipinski definition) is 3. The quantitative estimate of drug-likeness (QED) is 0.171. The van der Waals surface area contributed by atoms with Gasteiger partial charge in [0, 0.05) is 75.1 Å². The Balaban J connectivity index is 0.769. The maximum atomic E-state index is 13.0. The van der Waals surface area contributed by atoms with E-state index < -0.39 is 17.9 Å². The Hall–Kier alpha value is -6.06. The van der Waals surface area contributed by atoms with E-state index in [-0.39, 0.29) is 24.8 Å². The molecule has 3 aromatic carbocycles. The van der Waals surface area contributed by atoms with Crippen molar-refractivity contribution < 1.29 is 23.9 Å². The minimum absolute atomic E-state index is 0.197. The molecular weight excluding hydrogens is 737 g/mol. The van der Waals surface area contributed by atoms with Crippen LogP contribution in [0.1, 0.15) is 54.9 Å². The second kappa shape index (κ2) is 16.1. The summed E-state index contributed by atoms with van der Waals surface area (Å²) in [5.41, 5.74) is 10.3. The number of benzene rings is 3. The van der Waals surface area contributed by atoms with E-state index in [2.05, 4.69) is 40.0 Å². The Morgan fingerprint density at radius 2 is 1.52 bits per heavy atom. The lowest BCUT2D eigenvalue weighted by Crippen LogP contribution is -2.64. The van der Waals surface area contributed by atoms with Crippen LogP contribution in [0.2, 0.25) is 0 Å². The molecule has 5 aromatic rings. The number of hydrogen-bond acceptors (Lipinski definition) is 12. The number of para-hydroxylation sites is 1. The first-order valence-electron chi connectivity index (χ1n) is 20.2. The average molecular weight is 785 g/mol. The molecule has 4 fully saturated rings. The molecule has 5 heterocycles. The van der Waals surface area contributed by atoms with E-state index in [0.717, 1.165) is 104 Å². The molecule has 2 aromatic heterocycles. The van der Waals surface area contributed by atoms with Crippen LogP contribution in [-0.2, 0) is 9.59 Å². The first-order chi connectivity index (χ1) is 28.3. The van der Waals surface area contributed by atoms with Crippen LogP contribution in [0.4, 0.5) is 11.5 Å². The van der Waals surface area contributed by atoms with Crippen LogP contribution < -0.4 is 30.7 Å². The minimum Gasteiger partial charge on any atom is -0.496 e. The van der Waals surface area contributed by atoms with Gasteiger partial charge >= 0.3 is 0 Å². The van der Waals surface area contributed by atoms with Crippen molar-refractivity contribution in [3.8, 4) is 28.5 Å². The van der Waals surface area contributed by atoms with Crippen molar-refractivity contribution in [1.29, 1.82) is 0 Å². The molecule has 1 atom stereocenters. The normalized spacial score (nSPS) is 22.0. The number of fused-ring (bicyclic) bond motifs is 1. The summed E-state index contributed by atoms with van der Waals surface area (Å²) in [6, 6.07) is 23.7. The number of piperidine rings is 1. The Labute approximate surface area is 336 Å². The van der Waals surface area contributed by atoms with Gasteiger partial charge in [-0.2, -0.15) is 5.10 Å². The number of imide groups is 1. The van der Waals surface area contributed by atoms with Crippen molar-refractivity contribution in [1.82, 2.24) is 40.2 Å². The van der Waals surface area contributed by atoms with Gasteiger partial charge in [0.2, 0.25) is 11.8 Å². The summed E-state index contributed by atoms with van der Waals surface area (Å²) in [5.74, 6) is 1.22. The van der Waals surface area contributed by atoms with E-state index in [9.17, 15) is 14.4 Å². The molecule has 58 heavy (non-hydrogen) atoms. The van der Waals surface area contributed by atoms with Crippen LogP contribution in [0, 0.1) is 0 Å². The number of carbonyl (C=O) groups excluding carboxylic acids is 3.